The first-order valence-corrected chi connectivity index (χ1v) is 9.40. The van der Waals surface area contributed by atoms with Gasteiger partial charge in [-0.2, -0.15) is 0 Å². The van der Waals surface area contributed by atoms with Crippen molar-refractivity contribution in [3.05, 3.63) is 72.4 Å². The lowest BCUT2D eigenvalue weighted by Crippen LogP contribution is -2.34. The van der Waals surface area contributed by atoms with Crippen LogP contribution < -0.4 is 0 Å². The number of piperidine rings is 1. The molecule has 0 N–H and O–H groups in total. The van der Waals surface area contributed by atoms with Crippen molar-refractivity contribution in [2.45, 2.75) is 25.3 Å². The molecule has 1 aliphatic rings. The second-order valence-electron chi connectivity index (χ2n) is 7.11. The Balaban J connectivity index is 1.31. The Labute approximate surface area is 157 Å². The number of benzene rings is 1. The van der Waals surface area contributed by atoms with E-state index in [9.17, 15) is 0 Å². The zero-order chi connectivity index (χ0) is 18.1. The van der Waals surface area contributed by atoms with Gasteiger partial charge in [0.05, 0.1) is 6.54 Å². The minimum absolute atomic E-state index is 0.382. The van der Waals surface area contributed by atoms with Crippen molar-refractivity contribution < 1.29 is 4.52 Å². The zero-order valence-corrected chi connectivity index (χ0v) is 15.0. The molecule has 3 aromatic heterocycles. The van der Waals surface area contributed by atoms with Crippen LogP contribution in [0.25, 0.3) is 16.9 Å². The maximum Gasteiger partial charge on any atom is 0.160 e. The molecule has 1 aliphatic heterocycles. The zero-order valence-electron chi connectivity index (χ0n) is 15.0. The fourth-order valence-electron chi connectivity index (χ4n) is 3.90. The van der Waals surface area contributed by atoms with E-state index in [1.807, 2.05) is 48.7 Å². The first kappa shape index (κ1) is 16.2. The number of likely N-dealkylation sites (tertiary alicyclic amines) is 1. The van der Waals surface area contributed by atoms with Gasteiger partial charge in [0.25, 0.3) is 0 Å². The summed E-state index contributed by atoms with van der Waals surface area (Å²) in [6.45, 7) is 2.79. The van der Waals surface area contributed by atoms with Crippen molar-refractivity contribution in [1.82, 2.24) is 24.7 Å². The molecule has 1 aromatic carbocycles. The summed E-state index contributed by atoms with van der Waals surface area (Å²) in [5.74, 6) is 2.34. The summed E-state index contributed by atoms with van der Waals surface area (Å²) in [4.78, 5) is 2.42. The van der Waals surface area contributed by atoms with Crippen LogP contribution >= 0.6 is 0 Å². The maximum absolute atomic E-state index is 5.59. The van der Waals surface area contributed by atoms with Gasteiger partial charge in [-0.05, 0) is 31.5 Å². The summed E-state index contributed by atoms with van der Waals surface area (Å²) in [6, 6.07) is 18.2. The smallest absolute Gasteiger partial charge is 0.160 e. The highest BCUT2D eigenvalue weighted by molar-refractivity contribution is 5.58. The fraction of sp³-hybridized carbons (Fsp3) is 0.286. The van der Waals surface area contributed by atoms with Gasteiger partial charge in [-0.3, -0.25) is 9.30 Å². The SMILES string of the molecule is c1ccc(-c2cc(CN3CCC[C@@H](c4nnc5ccccn45)C3)on2)cc1. The first-order chi connectivity index (χ1) is 13.4. The summed E-state index contributed by atoms with van der Waals surface area (Å²) in [6.07, 6.45) is 4.33. The monoisotopic (exact) mass is 359 g/mol. The summed E-state index contributed by atoms with van der Waals surface area (Å²) >= 11 is 0. The lowest BCUT2D eigenvalue weighted by atomic mass is 9.97. The van der Waals surface area contributed by atoms with Crippen LogP contribution in [0.3, 0.4) is 0 Å². The van der Waals surface area contributed by atoms with Crippen molar-refractivity contribution in [3.63, 3.8) is 0 Å². The molecule has 0 unspecified atom stereocenters. The first-order valence-electron chi connectivity index (χ1n) is 9.40. The summed E-state index contributed by atoms with van der Waals surface area (Å²) in [5, 5.41) is 13.0. The number of aromatic nitrogens is 4. The molecule has 5 rings (SSSR count). The van der Waals surface area contributed by atoms with E-state index in [0.29, 0.717) is 5.92 Å². The molecular weight excluding hydrogens is 338 g/mol. The van der Waals surface area contributed by atoms with E-state index in [2.05, 4.69) is 36.8 Å². The van der Waals surface area contributed by atoms with E-state index >= 15 is 0 Å². The van der Waals surface area contributed by atoms with Gasteiger partial charge in [-0.1, -0.05) is 41.6 Å². The average Bonchev–Trinajstić information content (AvgIpc) is 3.36. The van der Waals surface area contributed by atoms with Crippen LogP contribution in [0.1, 0.15) is 30.3 Å². The lowest BCUT2D eigenvalue weighted by Gasteiger charge is -2.31. The van der Waals surface area contributed by atoms with Crippen molar-refractivity contribution in [2.75, 3.05) is 13.1 Å². The van der Waals surface area contributed by atoms with Crippen LogP contribution in [0.5, 0.6) is 0 Å². The van der Waals surface area contributed by atoms with E-state index < -0.39 is 0 Å². The maximum atomic E-state index is 5.59. The van der Waals surface area contributed by atoms with Crippen LogP contribution in [-0.4, -0.2) is 37.7 Å². The molecule has 1 fully saturated rings. The van der Waals surface area contributed by atoms with Gasteiger partial charge in [0.1, 0.15) is 11.5 Å². The number of pyridine rings is 1. The molecule has 1 saturated heterocycles. The van der Waals surface area contributed by atoms with Crippen molar-refractivity contribution in [3.8, 4) is 11.3 Å². The summed E-state index contributed by atoms with van der Waals surface area (Å²) in [5.41, 5.74) is 2.88. The molecule has 0 saturated carbocycles. The Morgan fingerprint density at radius 2 is 1.93 bits per heavy atom. The second kappa shape index (κ2) is 6.96. The molecule has 6 heteroatoms. The normalized spacial score (nSPS) is 18.1. The van der Waals surface area contributed by atoms with Gasteiger partial charge in [0.2, 0.25) is 0 Å². The van der Waals surface area contributed by atoms with Crippen LogP contribution in [0.15, 0.2) is 65.3 Å². The van der Waals surface area contributed by atoms with E-state index in [1.54, 1.807) is 0 Å². The van der Waals surface area contributed by atoms with E-state index in [-0.39, 0.29) is 0 Å². The Kier molecular flexibility index (Phi) is 4.18. The molecule has 0 radical (unpaired) electrons. The van der Waals surface area contributed by atoms with E-state index in [0.717, 1.165) is 61.0 Å². The quantitative estimate of drug-likeness (QED) is 0.555. The largest absolute Gasteiger partial charge is 0.359 e. The van der Waals surface area contributed by atoms with Crippen LogP contribution in [0.2, 0.25) is 0 Å². The molecule has 0 spiro atoms. The van der Waals surface area contributed by atoms with Gasteiger partial charge in [0, 0.05) is 30.3 Å². The number of rotatable bonds is 4. The molecular formula is C21H21N5O. The molecule has 0 amide bonds. The standard InChI is InChI=1S/C21H21N5O/c1-2-7-16(8-3-1)19-13-18(27-24-19)15-25-11-6-9-17(14-25)21-23-22-20-10-4-5-12-26(20)21/h1-5,7-8,10,12-13,17H,6,9,11,14-15H2/t17-/m1/s1. The fourth-order valence-corrected chi connectivity index (χ4v) is 3.90. The Hall–Kier alpha value is -2.99. The van der Waals surface area contributed by atoms with Crippen LogP contribution in [-0.2, 0) is 6.54 Å². The Bertz CT molecular complexity index is 1040. The van der Waals surface area contributed by atoms with Crippen molar-refractivity contribution in [1.29, 1.82) is 0 Å². The van der Waals surface area contributed by atoms with Gasteiger partial charge in [0.15, 0.2) is 11.4 Å². The average molecular weight is 359 g/mol. The third-order valence-corrected chi connectivity index (χ3v) is 5.22. The predicted octanol–water partition coefficient (Wildman–Crippen LogP) is 3.76. The van der Waals surface area contributed by atoms with Gasteiger partial charge in [-0.25, -0.2) is 0 Å². The summed E-state index contributed by atoms with van der Waals surface area (Å²) < 4.78 is 7.70. The number of fused-ring (bicyclic) bond motifs is 1. The van der Waals surface area contributed by atoms with Gasteiger partial charge < -0.3 is 4.52 Å². The topological polar surface area (TPSA) is 59.5 Å². The highest BCUT2D eigenvalue weighted by atomic mass is 16.5. The molecule has 6 nitrogen and oxygen atoms in total. The Morgan fingerprint density at radius 1 is 1.04 bits per heavy atom. The van der Waals surface area contributed by atoms with Crippen molar-refractivity contribution in [2.24, 2.45) is 0 Å². The minimum Gasteiger partial charge on any atom is -0.359 e. The Morgan fingerprint density at radius 3 is 2.85 bits per heavy atom. The molecule has 4 aromatic rings. The van der Waals surface area contributed by atoms with E-state index in [4.69, 9.17) is 4.52 Å². The van der Waals surface area contributed by atoms with Crippen LogP contribution in [0, 0.1) is 0 Å². The number of hydrogen-bond donors (Lipinski definition) is 0. The molecule has 1 atom stereocenters. The lowest BCUT2D eigenvalue weighted by molar-refractivity contribution is 0.177. The molecule has 4 heterocycles. The number of hydrogen-bond acceptors (Lipinski definition) is 5. The second-order valence-corrected chi connectivity index (χ2v) is 7.11. The van der Waals surface area contributed by atoms with E-state index in [1.165, 1.54) is 0 Å². The third-order valence-electron chi connectivity index (χ3n) is 5.22. The summed E-state index contributed by atoms with van der Waals surface area (Å²) in [7, 11) is 0. The highest BCUT2D eigenvalue weighted by Crippen LogP contribution is 2.27. The van der Waals surface area contributed by atoms with Gasteiger partial charge >= 0.3 is 0 Å². The predicted molar refractivity (Wildman–Crippen MR) is 102 cm³/mol. The van der Waals surface area contributed by atoms with Crippen LogP contribution in [0.4, 0.5) is 0 Å². The third kappa shape index (κ3) is 3.24. The highest BCUT2D eigenvalue weighted by Gasteiger charge is 2.26. The number of nitrogens with zero attached hydrogens (tertiary/aromatic N) is 5. The molecule has 136 valence electrons. The molecule has 0 aliphatic carbocycles. The minimum atomic E-state index is 0.382. The van der Waals surface area contributed by atoms with Crippen molar-refractivity contribution >= 4 is 5.65 Å². The molecule has 0 bridgehead atoms. The molecule has 27 heavy (non-hydrogen) atoms. The van der Waals surface area contributed by atoms with Gasteiger partial charge in [-0.15, -0.1) is 10.2 Å².